The maximum Gasteiger partial charge on any atom is 0.318 e. The lowest BCUT2D eigenvalue weighted by molar-refractivity contribution is -0.153. The molecule has 2 fully saturated rings. The summed E-state index contributed by atoms with van der Waals surface area (Å²) in [4.78, 5) is 15.8. The van der Waals surface area contributed by atoms with E-state index in [-0.39, 0.29) is 30.4 Å². The van der Waals surface area contributed by atoms with Crippen molar-refractivity contribution in [3.05, 3.63) is 71.8 Å². The molecule has 3 atom stereocenters. The molecule has 2 aliphatic heterocycles. The first-order valence-electron chi connectivity index (χ1n) is 9.82. The van der Waals surface area contributed by atoms with Gasteiger partial charge in [0.1, 0.15) is 12.0 Å². The van der Waals surface area contributed by atoms with E-state index in [9.17, 15) is 4.79 Å². The Morgan fingerprint density at radius 1 is 0.963 bits per heavy atom. The van der Waals surface area contributed by atoms with Gasteiger partial charge in [-0.25, -0.2) is 0 Å². The predicted octanol–water partition coefficient (Wildman–Crippen LogP) is 4.80. The largest absolute Gasteiger partial charge is 0.462 e. The maximum absolute atomic E-state index is 13.2. The van der Waals surface area contributed by atoms with Crippen LogP contribution in [0.15, 0.2) is 60.7 Å². The minimum Gasteiger partial charge on any atom is -0.462 e. The highest BCUT2D eigenvalue weighted by Crippen LogP contribution is 2.37. The summed E-state index contributed by atoms with van der Waals surface area (Å²) < 4.78 is 6.07. The lowest BCUT2D eigenvalue weighted by Gasteiger charge is -2.38. The Bertz CT molecular complexity index is 683. The van der Waals surface area contributed by atoms with Crippen molar-refractivity contribution in [2.45, 2.75) is 56.7 Å². The molecule has 0 amide bonds. The Morgan fingerprint density at radius 2 is 1.44 bits per heavy atom. The number of carbonyl (C=O) groups excluding carboxylic acids is 1. The SMILES string of the molecule is CCN1[C@@H]2CC[C@H]1CC(OC(=O)C(c1ccccc1)c1ccccc1)C2.Cl. The standard InChI is InChI=1S/C23H27NO2.ClH/c1-2-24-19-13-14-20(24)16-21(15-19)26-23(25)22(17-9-5-3-6-10-17)18-11-7-4-8-12-18;/h3-12,19-22H,2,13-16H2,1H3;1H/t19-,20+,21?;. The van der Waals surface area contributed by atoms with Crippen LogP contribution in [0.1, 0.15) is 49.7 Å². The summed E-state index contributed by atoms with van der Waals surface area (Å²) in [6.45, 7) is 3.34. The van der Waals surface area contributed by atoms with E-state index in [4.69, 9.17) is 4.74 Å². The Balaban J connectivity index is 0.00000210. The van der Waals surface area contributed by atoms with Gasteiger partial charge in [-0.1, -0.05) is 67.6 Å². The molecule has 2 aliphatic rings. The molecule has 2 saturated heterocycles. The molecule has 27 heavy (non-hydrogen) atoms. The van der Waals surface area contributed by atoms with Gasteiger partial charge in [-0.05, 0) is 30.5 Å². The molecule has 2 aromatic rings. The summed E-state index contributed by atoms with van der Waals surface area (Å²) in [5.74, 6) is -0.462. The van der Waals surface area contributed by atoms with Gasteiger partial charge >= 0.3 is 5.97 Å². The Morgan fingerprint density at radius 3 is 1.89 bits per heavy atom. The van der Waals surface area contributed by atoms with Crippen LogP contribution in [0.2, 0.25) is 0 Å². The van der Waals surface area contributed by atoms with E-state index in [1.54, 1.807) is 0 Å². The fourth-order valence-electron chi connectivity index (χ4n) is 4.82. The molecule has 0 radical (unpaired) electrons. The van der Waals surface area contributed by atoms with Crippen LogP contribution < -0.4 is 0 Å². The van der Waals surface area contributed by atoms with Crippen molar-refractivity contribution in [2.24, 2.45) is 0 Å². The van der Waals surface area contributed by atoms with Gasteiger partial charge in [0, 0.05) is 24.9 Å². The Labute approximate surface area is 168 Å². The average Bonchev–Trinajstić information content (AvgIpc) is 2.93. The second-order valence-electron chi connectivity index (χ2n) is 7.50. The van der Waals surface area contributed by atoms with Gasteiger partial charge in [0.25, 0.3) is 0 Å². The van der Waals surface area contributed by atoms with Crippen molar-refractivity contribution < 1.29 is 9.53 Å². The number of esters is 1. The topological polar surface area (TPSA) is 29.5 Å². The van der Waals surface area contributed by atoms with Gasteiger partial charge in [-0.2, -0.15) is 0 Å². The van der Waals surface area contributed by atoms with Crippen LogP contribution in [0, 0.1) is 0 Å². The van der Waals surface area contributed by atoms with E-state index < -0.39 is 0 Å². The summed E-state index contributed by atoms with van der Waals surface area (Å²) in [5.41, 5.74) is 2.00. The van der Waals surface area contributed by atoms with Gasteiger partial charge in [0.15, 0.2) is 0 Å². The number of hydrogen-bond donors (Lipinski definition) is 0. The second-order valence-corrected chi connectivity index (χ2v) is 7.50. The van der Waals surface area contributed by atoms with Crippen LogP contribution in [0.3, 0.4) is 0 Å². The number of nitrogens with zero attached hydrogens (tertiary/aromatic N) is 1. The second kappa shape index (κ2) is 8.90. The summed E-state index contributed by atoms with van der Waals surface area (Å²) in [5, 5.41) is 0. The number of fused-ring (bicyclic) bond motifs is 2. The lowest BCUT2D eigenvalue weighted by atomic mass is 9.91. The Kier molecular flexibility index (Phi) is 6.56. The van der Waals surface area contributed by atoms with Crippen LogP contribution in [0.5, 0.6) is 0 Å². The fraction of sp³-hybridized carbons (Fsp3) is 0.435. The van der Waals surface area contributed by atoms with Crippen LogP contribution >= 0.6 is 12.4 Å². The molecule has 0 N–H and O–H groups in total. The van der Waals surface area contributed by atoms with E-state index in [0.29, 0.717) is 12.1 Å². The van der Waals surface area contributed by atoms with Gasteiger partial charge in [-0.3, -0.25) is 9.69 Å². The number of halogens is 1. The maximum atomic E-state index is 13.2. The molecule has 144 valence electrons. The smallest absolute Gasteiger partial charge is 0.318 e. The monoisotopic (exact) mass is 385 g/mol. The van der Waals surface area contributed by atoms with Gasteiger partial charge in [0.05, 0.1) is 0 Å². The van der Waals surface area contributed by atoms with E-state index in [0.717, 1.165) is 30.5 Å². The quantitative estimate of drug-likeness (QED) is 0.692. The predicted molar refractivity (Wildman–Crippen MR) is 110 cm³/mol. The fourth-order valence-corrected chi connectivity index (χ4v) is 4.82. The minimum absolute atomic E-state index is 0. The lowest BCUT2D eigenvalue weighted by Crippen LogP contribution is -2.45. The molecule has 0 saturated carbocycles. The average molecular weight is 386 g/mol. The summed E-state index contributed by atoms with van der Waals surface area (Å²) in [6, 6.07) is 21.1. The van der Waals surface area contributed by atoms with Crippen LogP contribution in [0.25, 0.3) is 0 Å². The molecule has 2 heterocycles. The van der Waals surface area contributed by atoms with Crippen LogP contribution in [-0.4, -0.2) is 35.6 Å². The van der Waals surface area contributed by atoms with Crippen LogP contribution in [-0.2, 0) is 9.53 Å². The van der Waals surface area contributed by atoms with Crippen molar-refractivity contribution in [3.8, 4) is 0 Å². The van der Waals surface area contributed by atoms with Gasteiger partial charge in [-0.15, -0.1) is 12.4 Å². The van der Waals surface area contributed by atoms with E-state index in [2.05, 4.69) is 11.8 Å². The number of ether oxygens (including phenoxy) is 1. The third kappa shape index (κ3) is 4.20. The van der Waals surface area contributed by atoms with Crippen molar-refractivity contribution in [2.75, 3.05) is 6.54 Å². The summed E-state index contributed by atoms with van der Waals surface area (Å²) >= 11 is 0. The van der Waals surface area contributed by atoms with Crippen molar-refractivity contribution >= 4 is 18.4 Å². The van der Waals surface area contributed by atoms with Gasteiger partial charge in [0.2, 0.25) is 0 Å². The van der Waals surface area contributed by atoms with Crippen molar-refractivity contribution in [3.63, 3.8) is 0 Å². The zero-order chi connectivity index (χ0) is 17.9. The number of benzene rings is 2. The molecule has 3 nitrogen and oxygen atoms in total. The van der Waals surface area contributed by atoms with E-state index in [1.807, 2.05) is 60.7 Å². The van der Waals surface area contributed by atoms with E-state index >= 15 is 0 Å². The van der Waals surface area contributed by atoms with Gasteiger partial charge < -0.3 is 4.74 Å². The first-order chi connectivity index (χ1) is 12.8. The molecule has 0 aromatic heterocycles. The number of piperidine rings is 1. The summed E-state index contributed by atoms with van der Waals surface area (Å²) in [7, 11) is 0. The number of carbonyl (C=O) groups is 1. The van der Waals surface area contributed by atoms with Crippen LogP contribution in [0.4, 0.5) is 0 Å². The minimum atomic E-state index is -0.348. The first kappa shape index (κ1) is 19.9. The van der Waals surface area contributed by atoms with E-state index in [1.165, 1.54) is 12.8 Å². The summed E-state index contributed by atoms with van der Waals surface area (Å²) in [6.07, 6.45) is 4.50. The number of hydrogen-bond acceptors (Lipinski definition) is 3. The molecule has 0 spiro atoms. The molecule has 2 bridgehead atoms. The molecule has 1 unspecified atom stereocenters. The van der Waals surface area contributed by atoms with Crippen molar-refractivity contribution in [1.82, 2.24) is 4.90 Å². The molecule has 4 rings (SSSR count). The molecular weight excluding hydrogens is 358 g/mol. The molecule has 0 aliphatic carbocycles. The zero-order valence-corrected chi connectivity index (χ0v) is 16.6. The highest BCUT2D eigenvalue weighted by Gasteiger charge is 2.41. The Hall–Kier alpha value is -1.84. The molecule has 4 heteroatoms. The number of rotatable bonds is 5. The third-order valence-electron chi connectivity index (χ3n) is 5.99. The highest BCUT2D eigenvalue weighted by atomic mass is 35.5. The molecular formula is C23H28ClNO2. The zero-order valence-electron chi connectivity index (χ0n) is 15.8. The molecule has 2 aromatic carbocycles. The van der Waals surface area contributed by atoms with Crippen molar-refractivity contribution in [1.29, 1.82) is 0 Å². The highest BCUT2D eigenvalue weighted by molar-refractivity contribution is 5.85. The first-order valence-corrected chi connectivity index (χ1v) is 9.82. The third-order valence-corrected chi connectivity index (χ3v) is 5.99. The normalized spacial score (nSPS) is 24.4.